The maximum absolute atomic E-state index is 11.9. The van der Waals surface area contributed by atoms with Crippen LogP contribution in [0, 0.1) is 0 Å². The number of amides is 1. The second-order valence-electron chi connectivity index (χ2n) is 5.61. The van der Waals surface area contributed by atoms with E-state index in [1.54, 1.807) is 36.5 Å². The molecular formula is C14H23N3OS. The topological polar surface area (TPSA) is 36.4 Å². The summed E-state index contributed by atoms with van der Waals surface area (Å²) in [6.45, 7) is 5.61. The highest BCUT2D eigenvalue weighted by atomic mass is 32.1. The molecular weight excluding hydrogens is 258 g/mol. The van der Waals surface area contributed by atoms with Crippen molar-refractivity contribution in [1.29, 1.82) is 0 Å². The molecule has 1 aromatic heterocycles. The van der Waals surface area contributed by atoms with Crippen molar-refractivity contribution in [2.75, 3.05) is 20.6 Å². The molecule has 1 saturated heterocycles. The third-order valence-electron chi connectivity index (χ3n) is 3.63. The Balaban J connectivity index is 2.18. The average molecular weight is 281 g/mol. The van der Waals surface area contributed by atoms with Gasteiger partial charge >= 0.3 is 0 Å². The first-order valence-corrected chi connectivity index (χ1v) is 7.75. The first-order chi connectivity index (χ1) is 9.00. The van der Waals surface area contributed by atoms with Gasteiger partial charge in [-0.3, -0.25) is 9.69 Å². The van der Waals surface area contributed by atoms with Crippen molar-refractivity contribution in [3.63, 3.8) is 0 Å². The summed E-state index contributed by atoms with van der Waals surface area (Å²) in [4.78, 5) is 21.3. The van der Waals surface area contributed by atoms with E-state index in [9.17, 15) is 4.79 Å². The van der Waals surface area contributed by atoms with Gasteiger partial charge in [0, 0.05) is 20.1 Å². The van der Waals surface area contributed by atoms with E-state index in [0.29, 0.717) is 12.1 Å². The molecule has 1 amide bonds. The van der Waals surface area contributed by atoms with Gasteiger partial charge in [0.15, 0.2) is 0 Å². The number of nitrogens with zero attached hydrogens (tertiary/aromatic N) is 3. The van der Waals surface area contributed by atoms with E-state index in [1.165, 1.54) is 12.8 Å². The van der Waals surface area contributed by atoms with Crippen LogP contribution in [0.25, 0.3) is 0 Å². The van der Waals surface area contributed by atoms with E-state index < -0.39 is 0 Å². The van der Waals surface area contributed by atoms with Crippen LogP contribution < -0.4 is 0 Å². The van der Waals surface area contributed by atoms with Crippen molar-refractivity contribution >= 4 is 17.2 Å². The molecule has 0 N–H and O–H groups in total. The van der Waals surface area contributed by atoms with Crippen molar-refractivity contribution in [2.45, 2.75) is 45.2 Å². The predicted octanol–water partition coefficient (Wildman–Crippen LogP) is 2.78. The lowest BCUT2D eigenvalue weighted by atomic mass is 10.0. The molecule has 0 aromatic carbocycles. The van der Waals surface area contributed by atoms with Gasteiger partial charge in [-0.25, -0.2) is 4.98 Å². The van der Waals surface area contributed by atoms with Crippen LogP contribution in [0.1, 0.15) is 53.8 Å². The third-order valence-corrected chi connectivity index (χ3v) is 4.72. The van der Waals surface area contributed by atoms with Gasteiger partial charge in [0.2, 0.25) is 0 Å². The van der Waals surface area contributed by atoms with Gasteiger partial charge in [0.1, 0.15) is 9.88 Å². The fourth-order valence-electron chi connectivity index (χ4n) is 2.60. The van der Waals surface area contributed by atoms with Crippen LogP contribution in [0.5, 0.6) is 0 Å². The van der Waals surface area contributed by atoms with E-state index in [0.717, 1.165) is 22.9 Å². The predicted molar refractivity (Wildman–Crippen MR) is 78.6 cm³/mol. The molecule has 1 fully saturated rings. The van der Waals surface area contributed by atoms with Gasteiger partial charge in [-0.2, -0.15) is 0 Å². The maximum Gasteiger partial charge on any atom is 0.265 e. The van der Waals surface area contributed by atoms with Gasteiger partial charge in [0.25, 0.3) is 5.91 Å². The maximum atomic E-state index is 11.9. The summed E-state index contributed by atoms with van der Waals surface area (Å²) in [5.41, 5.74) is 0. The van der Waals surface area contributed by atoms with E-state index in [-0.39, 0.29) is 5.91 Å². The molecule has 2 heterocycles. The number of carbonyl (C=O) groups is 1. The molecule has 2 rings (SSSR count). The van der Waals surface area contributed by atoms with Crippen molar-refractivity contribution in [3.05, 3.63) is 16.1 Å². The largest absolute Gasteiger partial charge is 0.344 e. The van der Waals surface area contributed by atoms with Gasteiger partial charge in [-0.15, -0.1) is 11.3 Å². The van der Waals surface area contributed by atoms with Crippen molar-refractivity contribution in [2.24, 2.45) is 0 Å². The zero-order valence-corrected chi connectivity index (χ0v) is 13.0. The van der Waals surface area contributed by atoms with Crippen molar-refractivity contribution in [1.82, 2.24) is 14.8 Å². The Morgan fingerprint density at radius 3 is 2.84 bits per heavy atom. The monoisotopic (exact) mass is 281 g/mol. The lowest BCUT2D eigenvalue weighted by Gasteiger charge is -2.37. The summed E-state index contributed by atoms with van der Waals surface area (Å²) in [6, 6.07) is 0.921. The molecule has 0 radical (unpaired) electrons. The lowest BCUT2D eigenvalue weighted by molar-refractivity contribution is 0.0832. The highest BCUT2D eigenvalue weighted by Crippen LogP contribution is 2.34. The van der Waals surface area contributed by atoms with Crippen LogP contribution in [0.4, 0.5) is 0 Å². The highest BCUT2D eigenvalue weighted by Gasteiger charge is 2.28. The number of hydrogen-bond donors (Lipinski definition) is 0. The molecule has 0 unspecified atom stereocenters. The number of carbonyl (C=O) groups excluding carboxylic acids is 1. The SMILES string of the molecule is CC(C)N1CCCC[C@H]1c1ncc(C(=O)N(C)C)s1. The van der Waals surface area contributed by atoms with Crippen molar-refractivity contribution in [3.8, 4) is 0 Å². The number of aromatic nitrogens is 1. The first-order valence-electron chi connectivity index (χ1n) is 6.94. The van der Waals surface area contributed by atoms with E-state index in [4.69, 9.17) is 0 Å². The fraction of sp³-hybridized carbons (Fsp3) is 0.714. The number of rotatable bonds is 3. The van der Waals surface area contributed by atoms with Gasteiger partial charge in [0.05, 0.1) is 12.2 Å². The molecule has 0 spiro atoms. The Bertz CT molecular complexity index is 442. The zero-order valence-electron chi connectivity index (χ0n) is 12.2. The zero-order chi connectivity index (χ0) is 14.0. The Morgan fingerprint density at radius 2 is 2.21 bits per heavy atom. The van der Waals surface area contributed by atoms with Gasteiger partial charge < -0.3 is 4.90 Å². The Labute approximate surface area is 119 Å². The number of thiazole rings is 1. The van der Waals surface area contributed by atoms with Crippen LogP contribution in [-0.4, -0.2) is 47.4 Å². The third kappa shape index (κ3) is 3.15. The molecule has 1 aliphatic heterocycles. The van der Waals surface area contributed by atoms with E-state index in [1.807, 2.05) is 0 Å². The summed E-state index contributed by atoms with van der Waals surface area (Å²) in [6.07, 6.45) is 5.41. The summed E-state index contributed by atoms with van der Waals surface area (Å²) in [7, 11) is 3.56. The number of piperidine rings is 1. The molecule has 4 nitrogen and oxygen atoms in total. The van der Waals surface area contributed by atoms with Crippen LogP contribution in [-0.2, 0) is 0 Å². The summed E-state index contributed by atoms with van der Waals surface area (Å²) in [5, 5.41) is 1.10. The minimum Gasteiger partial charge on any atom is -0.344 e. The molecule has 1 aromatic rings. The highest BCUT2D eigenvalue weighted by molar-refractivity contribution is 7.13. The summed E-state index contributed by atoms with van der Waals surface area (Å²) < 4.78 is 0. The second-order valence-corrected chi connectivity index (χ2v) is 6.67. The minimum atomic E-state index is 0.0515. The first kappa shape index (κ1) is 14.5. The number of hydrogen-bond acceptors (Lipinski definition) is 4. The molecule has 1 aliphatic rings. The fourth-order valence-corrected chi connectivity index (χ4v) is 3.69. The molecule has 0 aliphatic carbocycles. The lowest BCUT2D eigenvalue weighted by Crippen LogP contribution is -2.38. The summed E-state index contributed by atoms with van der Waals surface area (Å²) in [5.74, 6) is 0.0515. The number of likely N-dealkylation sites (tertiary alicyclic amines) is 1. The smallest absolute Gasteiger partial charge is 0.265 e. The molecule has 19 heavy (non-hydrogen) atoms. The minimum absolute atomic E-state index is 0.0515. The van der Waals surface area contributed by atoms with Crippen molar-refractivity contribution < 1.29 is 4.79 Å². The quantitative estimate of drug-likeness (QED) is 0.855. The van der Waals surface area contributed by atoms with Crippen LogP contribution in [0.15, 0.2) is 6.20 Å². The molecule has 0 saturated carbocycles. The molecule has 5 heteroatoms. The summed E-state index contributed by atoms with van der Waals surface area (Å²) >= 11 is 1.55. The Morgan fingerprint density at radius 1 is 1.47 bits per heavy atom. The molecule has 1 atom stereocenters. The Hall–Kier alpha value is -0.940. The molecule has 106 valence electrons. The van der Waals surface area contributed by atoms with Gasteiger partial charge in [-0.05, 0) is 33.2 Å². The van der Waals surface area contributed by atoms with Crippen LogP contribution in [0.2, 0.25) is 0 Å². The average Bonchev–Trinajstić information content (AvgIpc) is 2.87. The van der Waals surface area contributed by atoms with Crippen LogP contribution >= 0.6 is 11.3 Å². The molecule has 0 bridgehead atoms. The Kier molecular flexibility index (Phi) is 4.58. The standard InChI is InChI=1S/C14H23N3OS/c1-10(2)17-8-6-5-7-11(17)13-15-9-12(19-13)14(18)16(3)4/h9-11H,5-8H2,1-4H3/t11-/m0/s1. The van der Waals surface area contributed by atoms with Gasteiger partial charge in [-0.1, -0.05) is 6.42 Å². The normalized spacial score (nSPS) is 20.8. The van der Waals surface area contributed by atoms with Crippen LogP contribution in [0.3, 0.4) is 0 Å². The van der Waals surface area contributed by atoms with E-state index >= 15 is 0 Å². The second kappa shape index (κ2) is 6.01. The van der Waals surface area contributed by atoms with E-state index in [2.05, 4.69) is 23.7 Å².